The predicted molar refractivity (Wildman–Crippen MR) is 106 cm³/mol. The molecule has 1 aliphatic heterocycles. The van der Waals surface area contributed by atoms with Crippen LogP contribution in [0.1, 0.15) is 61.7 Å². The first-order valence-electron chi connectivity index (χ1n) is 10.4. The minimum absolute atomic E-state index is 0.0210. The van der Waals surface area contributed by atoms with E-state index in [1.165, 1.54) is 12.8 Å². The molecule has 0 spiro atoms. The first-order valence-corrected chi connectivity index (χ1v) is 10.4. The van der Waals surface area contributed by atoms with Crippen LogP contribution in [0.4, 0.5) is 0 Å². The Morgan fingerprint density at radius 1 is 0.929 bits per heavy atom. The van der Waals surface area contributed by atoms with E-state index in [2.05, 4.69) is 15.6 Å². The van der Waals surface area contributed by atoms with Crippen LogP contribution >= 0.6 is 0 Å². The molecule has 1 aromatic heterocycles. The number of carbonyl (C=O) groups is 3. The number of rotatable bonds is 4. The highest BCUT2D eigenvalue weighted by atomic mass is 16.2. The summed E-state index contributed by atoms with van der Waals surface area (Å²) in [5.41, 5.74) is 0.650. The lowest BCUT2D eigenvalue weighted by atomic mass is 9.96. The van der Waals surface area contributed by atoms with Gasteiger partial charge in [-0.3, -0.25) is 19.4 Å². The third kappa shape index (κ3) is 5.78. The summed E-state index contributed by atoms with van der Waals surface area (Å²) >= 11 is 0. The van der Waals surface area contributed by atoms with Gasteiger partial charge in [0.25, 0.3) is 5.91 Å². The third-order valence-electron chi connectivity index (χ3n) is 5.78. The Labute approximate surface area is 166 Å². The second-order valence-electron chi connectivity index (χ2n) is 7.84. The fourth-order valence-electron chi connectivity index (χ4n) is 4.01. The highest BCUT2D eigenvalue weighted by Gasteiger charge is 2.25. The summed E-state index contributed by atoms with van der Waals surface area (Å²) in [6.07, 6.45) is 11.5. The van der Waals surface area contributed by atoms with E-state index in [1.807, 2.05) is 4.90 Å². The normalized spacial score (nSPS) is 18.9. The second-order valence-corrected chi connectivity index (χ2v) is 7.84. The zero-order chi connectivity index (χ0) is 19.8. The Kier molecular flexibility index (Phi) is 7.39. The van der Waals surface area contributed by atoms with E-state index < -0.39 is 11.8 Å². The fraction of sp³-hybridized carbons (Fsp3) is 0.619. The van der Waals surface area contributed by atoms with Crippen LogP contribution in [0.5, 0.6) is 0 Å². The van der Waals surface area contributed by atoms with Gasteiger partial charge in [-0.25, -0.2) is 0 Å². The molecule has 0 unspecified atom stereocenters. The molecule has 2 heterocycles. The maximum Gasteiger partial charge on any atom is 0.309 e. The monoisotopic (exact) mass is 386 g/mol. The van der Waals surface area contributed by atoms with Gasteiger partial charge in [-0.2, -0.15) is 0 Å². The van der Waals surface area contributed by atoms with E-state index in [1.54, 1.807) is 24.5 Å². The van der Waals surface area contributed by atoms with E-state index in [9.17, 15) is 14.4 Å². The quantitative estimate of drug-likeness (QED) is 0.611. The Morgan fingerprint density at radius 3 is 2.21 bits per heavy atom. The van der Waals surface area contributed by atoms with Crippen molar-refractivity contribution >= 4 is 17.7 Å². The lowest BCUT2D eigenvalue weighted by Gasteiger charge is -2.32. The highest BCUT2D eigenvalue weighted by Crippen LogP contribution is 2.19. The molecular formula is C21H30N4O3. The number of carbonyl (C=O) groups excluding carboxylic acids is 3. The van der Waals surface area contributed by atoms with Gasteiger partial charge in [0.15, 0.2) is 0 Å². The molecule has 1 aromatic rings. The first-order chi connectivity index (χ1) is 13.6. The van der Waals surface area contributed by atoms with Gasteiger partial charge >= 0.3 is 11.8 Å². The molecule has 0 radical (unpaired) electrons. The average Bonchev–Trinajstić information content (AvgIpc) is 3.01. The number of amides is 3. The molecule has 7 nitrogen and oxygen atoms in total. The van der Waals surface area contributed by atoms with Gasteiger partial charge in [0, 0.05) is 43.6 Å². The van der Waals surface area contributed by atoms with Crippen molar-refractivity contribution in [3.05, 3.63) is 30.1 Å². The Morgan fingerprint density at radius 2 is 1.57 bits per heavy atom. The van der Waals surface area contributed by atoms with Crippen molar-refractivity contribution in [1.82, 2.24) is 20.5 Å². The lowest BCUT2D eigenvalue weighted by molar-refractivity contribution is -0.139. The van der Waals surface area contributed by atoms with Crippen molar-refractivity contribution in [2.24, 2.45) is 5.92 Å². The van der Waals surface area contributed by atoms with Crippen LogP contribution in [0.2, 0.25) is 0 Å². The lowest BCUT2D eigenvalue weighted by Crippen LogP contribution is -2.47. The zero-order valence-corrected chi connectivity index (χ0v) is 16.4. The zero-order valence-electron chi connectivity index (χ0n) is 16.4. The predicted octanol–water partition coefficient (Wildman–Crippen LogP) is 1.89. The Hall–Kier alpha value is -2.44. The summed E-state index contributed by atoms with van der Waals surface area (Å²) in [5, 5.41) is 5.65. The number of piperidine rings is 1. The van der Waals surface area contributed by atoms with Crippen molar-refractivity contribution < 1.29 is 14.4 Å². The van der Waals surface area contributed by atoms with Crippen molar-refractivity contribution in [2.45, 2.75) is 57.4 Å². The van der Waals surface area contributed by atoms with Gasteiger partial charge in [-0.05, 0) is 43.7 Å². The molecule has 7 heteroatoms. The van der Waals surface area contributed by atoms with Crippen LogP contribution in [0, 0.1) is 5.92 Å². The molecule has 0 bridgehead atoms. The molecule has 1 aliphatic carbocycles. The summed E-state index contributed by atoms with van der Waals surface area (Å²) in [7, 11) is 0. The van der Waals surface area contributed by atoms with Gasteiger partial charge in [0.05, 0.1) is 0 Å². The van der Waals surface area contributed by atoms with Crippen LogP contribution in [0.15, 0.2) is 24.5 Å². The molecule has 3 rings (SSSR count). The maximum atomic E-state index is 12.5. The van der Waals surface area contributed by atoms with E-state index in [0.717, 1.165) is 38.5 Å². The van der Waals surface area contributed by atoms with Crippen molar-refractivity contribution in [3.63, 3.8) is 0 Å². The summed E-state index contributed by atoms with van der Waals surface area (Å²) in [6, 6.07) is 3.58. The molecule has 2 fully saturated rings. The average molecular weight is 386 g/mol. The largest absolute Gasteiger partial charge is 0.348 e. The molecule has 152 valence electrons. The molecule has 2 aliphatic rings. The number of pyridine rings is 1. The van der Waals surface area contributed by atoms with E-state index in [-0.39, 0.29) is 17.9 Å². The molecule has 1 saturated heterocycles. The molecule has 28 heavy (non-hydrogen) atoms. The molecule has 2 N–H and O–H groups in total. The van der Waals surface area contributed by atoms with Crippen molar-refractivity contribution in [1.29, 1.82) is 0 Å². The van der Waals surface area contributed by atoms with Gasteiger partial charge < -0.3 is 15.5 Å². The van der Waals surface area contributed by atoms with E-state index >= 15 is 0 Å². The standard InChI is InChI=1S/C21H30N4O3/c26-19(20(27)24-18-5-3-1-2-4-6-18)23-15-16-9-13-25(14-10-16)21(28)17-7-11-22-12-8-17/h7-8,11-12,16,18H,1-6,9-10,13-15H2,(H,23,26)(H,24,27). The van der Waals surface area contributed by atoms with Gasteiger partial charge in [-0.1, -0.05) is 25.7 Å². The second kappa shape index (κ2) is 10.2. The SMILES string of the molecule is O=C(NCC1CCN(C(=O)c2ccncc2)CC1)C(=O)NC1CCCCCC1. The first kappa shape index (κ1) is 20.3. The van der Waals surface area contributed by atoms with Gasteiger partial charge in [-0.15, -0.1) is 0 Å². The molecule has 1 saturated carbocycles. The van der Waals surface area contributed by atoms with Crippen molar-refractivity contribution in [2.75, 3.05) is 19.6 Å². The highest BCUT2D eigenvalue weighted by molar-refractivity contribution is 6.35. The van der Waals surface area contributed by atoms with Gasteiger partial charge in [0.1, 0.15) is 0 Å². The van der Waals surface area contributed by atoms with Gasteiger partial charge in [0.2, 0.25) is 0 Å². The molecule has 3 amide bonds. The number of aromatic nitrogens is 1. The molecule has 0 atom stereocenters. The molecule has 0 aromatic carbocycles. The fourth-order valence-corrected chi connectivity index (χ4v) is 4.01. The number of hydrogen-bond acceptors (Lipinski definition) is 4. The van der Waals surface area contributed by atoms with Crippen LogP contribution in [-0.4, -0.2) is 53.3 Å². The van der Waals surface area contributed by atoms with Crippen LogP contribution in [0.3, 0.4) is 0 Å². The number of hydrogen-bond donors (Lipinski definition) is 2. The Bertz CT molecular complexity index is 663. The van der Waals surface area contributed by atoms with E-state index in [0.29, 0.717) is 25.2 Å². The summed E-state index contributed by atoms with van der Waals surface area (Å²) < 4.78 is 0. The third-order valence-corrected chi connectivity index (χ3v) is 5.78. The minimum atomic E-state index is -0.542. The van der Waals surface area contributed by atoms with Crippen molar-refractivity contribution in [3.8, 4) is 0 Å². The number of nitrogens with zero attached hydrogens (tertiary/aromatic N) is 2. The minimum Gasteiger partial charge on any atom is -0.348 e. The number of nitrogens with one attached hydrogen (secondary N) is 2. The maximum absolute atomic E-state index is 12.5. The number of likely N-dealkylation sites (tertiary alicyclic amines) is 1. The van der Waals surface area contributed by atoms with E-state index in [4.69, 9.17) is 0 Å². The van der Waals surface area contributed by atoms with Crippen LogP contribution in [0.25, 0.3) is 0 Å². The van der Waals surface area contributed by atoms with Crippen LogP contribution < -0.4 is 10.6 Å². The smallest absolute Gasteiger partial charge is 0.309 e. The summed E-state index contributed by atoms with van der Waals surface area (Å²) in [6.45, 7) is 1.81. The van der Waals surface area contributed by atoms with Crippen LogP contribution in [-0.2, 0) is 9.59 Å². The topological polar surface area (TPSA) is 91.4 Å². The summed E-state index contributed by atoms with van der Waals surface area (Å²) in [5.74, 6) is -0.750. The Balaban J connectivity index is 1.37. The summed E-state index contributed by atoms with van der Waals surface area (Å²) in [4.78, 5) is 42.5. The molecular weight excluding hydrogens is 356 g/mol.